The normalized spacial score (nSPS) is 11.1. The second kappa shape index (κ2) is 11.7. The number of aryl methyl sites for hydroxylation is 1. The predicted octanol–water partition coefficient (Wildman–Crippen LogP) is 5.85. The first-order valence-corrected chi connectivity index (χ1v) is 12.6. The maximum atomic E-state index is 13.7. The first kappa shape index (κ1) is 25.2. The number of fused-ring (bicyclic) bond motifs is 1. The molecule has 3 aromatic carbocycles. The average Bonchev–Trinajstić information content (AvgIpc) is 3.30. The van der Waals surface area contributed by atoms with Gasteiger partial charge >= 0.3 is 0 Å². The van der Waals surface area contributed by atoms with Crippen molar-refractivity contribution in [3.63, 3.8) is 0 Å². The number of nitrogens with zero attached hydrogens (tertiary/aromatic N) is 2. The summed E-state index contributed by atoms with van der Waals surface area (Å²) in [5.41, 5.74) is 5.16. The molecule has 5 nitrogen and oxygen atoms in total. The number of benzene rings is 3. The van der Waals surface area contributed by atoms with Gasteiger partial charge in [0.25, 0.3) is 5.91 Å². The number of hydrogen-bond acceptors (Lipinski definition) is 2. The van der Waals surface area contributed by atoms with Crippen LogP contribution < -0.4 is 0 Å². The van der Waals surface area contributed by atoms with Gasteiger partial charge in [-0.3, -0.25) is 9.59 Å². The monoisotopic (exact) mass is 481 g/mol. The molecule has 2 amide bonds. The van der Waals surface area contributed by atoms with E-state index < -0.39 is 0 Å². The van der Waals surface area contributed by atoms with Crippen molar-refractivity contribution in [2.75, 3.05) is 19.6 Å². The van der Waals surface area contributed by atoms with Crippen molar-refractivity contribution in [2.24, 2.45) is 5.92 Å². The molecule has 0 fully saturated rings. The van der Waals surface area contributed by atoms with Crippen molar-refractivity contribution in [1.29, 1.82) is 0 Å². The lowest BCUT2D eigenvalue weighted by molar-refractivity contribution is -0.132. The number of aromatic nitrogens is 1. The fourth-order valence-corrected chi connectivity index (χ4v) is 4.49. The molecule has 0 radical (unpaired) electrons. The number of carbonyl (C=O) groups is 2. The van der Waals surface area contributed by atoms with E-state index in [1.807, 2.05) is 41.4 Å². The first-order valence-electron chi connectivity index (χ1n) is 12.6. The SMILES string of the molecule is Cc1ccc(CN(CCc2c[nH]c3ccccc23)C(=O)CN(CC(C)C)C(=O)c2ccccc2)cc1. The van der Waals surface area contributed by atoms with Crippen molar-refractivity contribution in [1.82, 2.24) is 14.8 Å². The highest BCUT2D eigenvalue weighted by molar-refractivity contribution is 5.96. The molecular formula is C31H35N3O2. The lowest BCUT2D eigenvalue weighted by Gasteiger charge is -2.29. The van der Waals surface area contributed by atoms with Gasteiger partial charge in [0.05, 0.1) is 0 Å². The molecule has 5 heteroatoms. The Labute approximate surface area is 213 Å². The summed E-state index contributed by atoms with van der Waals surface area (Å²) in [5.74, 6) is 0.104. The summed E-state index contributed by atoms with van der Waals surface area (Å²) in [7, 11) is 0. The number of amides is 2. The highest BCUT2D eigenvalue weighted by atomic mass is 16.2. The summed E-state index contributed by atoms with van der Waals surface area (Å²) in [5, 5.41) is 1.18. The van der Waals surface area contributed by atoms with Gasteiger partial charge in [0, 0.05) is 42.3 Å². The van der Waals surface area contributed by atoms with Gasteiger partial charge in [0.2, 0.25) is 5.91 Å². The maximum absolute atomic E-state index is 13.7. The Bertz CT molecular complexity index is 1290. The summed E-state index contributed by atoms with van der Waals surface area (Å²) in [6.07, 6.45) is 2.77. The zero-order valence-corrected chi connectivity index (χ0v) is 21.4. The Morgan fingerprint density at radius 1 is 0.861 bits per heavy atom. The van der Waals surface area contributed by atoms with Crippen LogP contribution in [0, 0.1) is 12.8 Å². The van der Waals surface area contributed by atoms with Crippen LogP contribution in [0.1, 0.15) is 40.9 Å². The Balaban J connectivity index is 1.54. The first-order chi connectivity index (χ1) is 17.4. The van der Waals surface area contributed by atoms with Crippen LogP contribution in [-0.2, 0) is 17.8 Å². The summed E-state index contributed by atoms with van der Waals surface area (Å²) in [6, 6.07) is 25.7. The number of carbonyl (C=O) groups excluding carboxylic acids is 2. The van der Waals surface area contributed by atoms with E-state index in [1.54, 1.807) is 17.0 Å². The molecule has 4 rings (SSSR count). The third-order valence-corrected chi connectivity index (χ3v) is 6.39. The van der Waals surface area contributed by atoms with Crippen LogP contribution in [0.15, 0.2) is 85.1 Å². The van der Waals surface area contributed by atoms with Gasteiger partial charge in [-0.25, -0.2) is 0 Å². The van der Waals surface area contributed by atoms with E-state index in [0.717, 1.165) is 17.5 Å². The Morgan fingerprint density at radius 3 is 2.28 bits per heavy atom. The highest BCUT2D eigenvalue weighted by Gasteiger charge is 2.23. The Hall–Kier alpha value is -3.86. The Morgan fingerprint density at radius 2 is 1.56 bits per heavy atom. The molecule has 0 unspecified atom stereocenters. The minimum atomic E-state index is -0.107. The largest absolute Gasteiger partial charge is 0.361 e. The molecule has 0 spiro atoms. The molecule has 186 valence electrons. The summed E-state index contributed by atoms with van der Waals surface area (Å²) >= 11 is 0. The smallest absolute Gasteiger partial charge is 0.254 e. The van der Waals surface area contributed by atoms with Crippen LogP contribution in [0.2, 0.25) is 0 Å². The second-order valence-electron chi connectivity index (χ2n) is 9.86. The van der Waals surface area contributed by atoms with Crippen molar-refractivity contribution in [3.05, 3.63) is 107 Å². The van der Waals surface area contributed by atoms with E-state index in [0.29, 0.717) is 25.2 Å². The second-order valence-corrected chi connectivity index (χ2v) is 9.86. The zero-order valence-electron chi connectivity index (χ0n) is 21.4. The summed E-state index contributed by atoms with van der Waals surface area (Å²) < 4.78 is 0. The molecular weight excluding hydrogens is 446 g/mol. The number of hydrogen-bond donors (Lipinski definition) is 1. The maximum Gasteiger partial charge on any atom is 0.254 e. The molecule has 0 atom stereocenters. The molecule has 36 heavy (non-hydrogen) atoms. The third kappa shape index (κ3) is 6.42. The molecule has 0 saturated carbocycles. The molecule has 0 aliphatic heterocycles. The molecule has 1 aromatic heterocycles. The lowest BCUT2D eigenvalue weighted by atomic mass is 10.1. The van der Waals surface area contributed by atoms with Crippen LogP contribution in [0.4, 0.5) is 0 Å². The van der Waals surface area contributed by atoms with Crippen LogP contribution in [0.3, 0.4) is 0 Å². The van der Waals surface area contributed by atoms with Crippen molar-refractivity contribution in [3.8, 4) is 0 Å². The van der Waals surface area contributed by atoms with E-state index in [4.69, 9.17) is 0 Å². The van der Waals surface area contributed by atoms with Crippen LogP contribution in [-0.4, -0.2) is 46.2 Å². The molecule has 1 heterocycles. The van der Waals surface area contributed by atoms with E-state index in [9.17, 15) is 9.59 Å². The molecule has 0 bridgehead atoms. The van der Waals surface area contributed by atoms with Gasteiger partial charge in [0.15, 0.2) is 0 Å². The molecule has 0 aliphatic rings. The van der Waals surface area contributed by atoms with Crippen LogP contribution in [0.5, 0.6) is 0 Å². The fourth-order valence-electron chi connectivity index (χ4n) is 4.49. The fraction of sp³-hybridized carbons (Fsp3) is 0.290. The number of aromatic amines is 1. The minimum Gasteiger partial charge on any atom is -0.361 e. The van der Waals surface area contributed by atoms with Gasteiger partial charge in [-0.1, -0.05) is 80.1 Å². The molecule has 1 N–H and O–H groups in total. The van der Waals surface area contributed by atoms with Crippen molar-refractivity contribution in [2.45, 2.75) is 33.7 Å². The third-order valence-electron chi connectivity index (χ3n) is 6.39. The number of nitrogens with one attached hydrogen (secondary N) is 1. The lowest BCUT2D eigenvalue weighted by Crippen LogP contribution is -2.44. The van der Waals surface area contributed by atoms with E-state index in [1.165, 1.54) is 16.5 Å². The number of rotatable bonds is 10. The standard InChI is InChI=1S/C31H35N3O2/c1-23(2)20-34(31(36)26-9-5-4-6-10-26)22-30(35)33(21-25-15-13-24(3)14-16-25)18-17-27-19-32-29-12-8-7-11-28(27)29/h4-16,19,23,32H,17-18,20-22H2,1-3H3. The van der Waals surface area contributed by atoms with Crippen LogP contribution in [0.25, 0.3) is 10.9 Å². The number of H-pyrrole nitrogens is 1. The summed E-state index contributed by atoms with van der Waals surface area (Å²) in [4.78, 5) is 33.9. The zero-order chi connectivity index (χ0) is 25.5. The number of para-hydroxylation sites is 1. The van der Waals surface area contributed by atoms with Gasteiger partial charge in [-0.15, -0.1) is 0 Å². The highest BCUT2D eigenvalue weighted by Crippen LogP contribution is 2.19. The van der Waals surface area contributed by atoms with Gasteiger partial charge in [0.1, 0.15) is 6.54 Å². The molecule has 0 aliphatic carbocycles. The van der Waals surface area contributed by atoms with Crippen LogP contribution >= 0.6 is 0 Å². The van der Waals surface area contributed by atoms with E-state index in [2.05, 4.69) is 62.2 Å². The average molecular weight is 482 g/mol. The minimum absolute atomic E-state index is 0.0413. The molecule has 4 aromatic rings. The molecule has 0 saturated heterocycles. The Kier molecular flexibility index (Phi) is 8.21. The van der Waals surface area contributed by atoms with Crippen molar-refractivity contribution >= 4 is 22.7 Å². The van der Waals surface area contributed by atoms with Crippen molar-refractivity contribution < 1.29 is 9.59 Å². The topological polar surface area (TPSA) is 56.4 Å². The summed E-state index contributed by atoms with van der Waals surface area (Å²) in [6.45, 7) is 7.86. The predicted molar refractivity (Wildman–Crippen MR) is 146 cm³/mol. The van der Waals surface area contributed by atoms with E-state index >= 15 is 0 Å². The van der Waals surface area contributed by atoms with Gasteiger partial charge in [-0.05, 0) is 48.6 Å². The van der Waals surface area contributed by atoms with Gasteiger partial charge < -0.3 is 14.8 Å². The van der Waals surface area contributed by atoms with Gasteiger partial charge in [-0.2, -0.15) is 0 Å². The van der Waals surface area contributed by atoms with E-state index in [-0.39, 0.29) is 24.3 Å². The quantitative estimate of drug-likeness (QED) is 0.309.